The van der Waals surface area contributed by atoms with Crippen molar-refractivity contribution in [1.29, 1.82) is 0 Å². The molecule has 1 amide bonds. The van der Waals surface area contributed by atoms with Gasteiger partial charge in [-0.15, -0.1) is 22.7 Å². The molecule has 1 aromatic carbocycles. The predicted octanol–water partition coefficient (Wildman–Crippen LogP) is 5.66. The second-order valence-electron chi connectivity index (χ2n) is 6.45. The van der Waals surface area contributed by atoms with Gasteiger partial charge in [-0.25, -0.2) is 4.79 Å². The summed E-state index contributed by atoms with van der Waals surface area (Å²) in [5.74, 6) is -0.454. The number of carbonyl (C=O) groups excluding carboxylic acids is 2. The summed E-state index contributed by atoms with van der Waals surface area (Å²) in [6.45, 7) is 3.89. The fourth-order valence-electron chi connectivity index (χ4n) is 2.54. The summed E-state index contributed by atoms with van der Waals surface area (Å²) in [4.78, 5) is 26.5. The summed E-state index contributed by atoms with van der Waals surface area (Å²) in [5, 5.41) is 6.60. The molecule has 0 unspecified atom stereocenters. The summed E-state index contributed by atoms with van der Waals surface area (Å²) < 4.78 is 5.26. The van der Waals surface area contributed by atoms with E-state index in [4.69, 9.17) is 4.74 Å². The zero-order valence-electron chi connectivity index (χ0n) is 15.7. The molecule has 4 nitrogen and oxygen atoms in total. The molecular formula is C22H21NO3S2. The zero-order chi connectivity index (χ0) is 19.9. The number of amides is 1. The van der Waals surface area contributed by atoms with E-state index < -0.39 is 5.97 Å². The van der Waals surface area contributed by atoms with Gasteiger partial charge < -0.3 is 10.1 Å². The topological polar surface area (TPSA) is 55.4 Å². The van der Waals surface area contributed by atoms with Gasteiger partial charge in [0.2, 0.25) is 0 Å². The monoisotopic (exact) mass is 411 g/mol. The first-order valence-electron chi connectivity index (χ1n) is 8.89. The van der Waals surface area contributed by atoms with Crippen LogP contribution in [0.15, 0.2) is 59.3 Å². The first-order chi connectivity index (χ1) is 13.5. The van der Waals surface area contributed by atoms with Gasteiger partial charge in [-0.3, -0.25) is 4.79 Å². The van der Waals surface area contributed by atoms with Crippen LogP contribution in [0, 0.1) is 0 Å². The van der Waals surface area contributed by atoms with E-state index in [1.165, 1.54) is 28.2 Å². The number of anilines is 1. The molecule has 2 aromatic heterocycles. The van der Waals surface area contributed by atoms with Gasteiger partial charge in [0, 0.05) is 15.4 Å². The molecule has 6 heteroatoms. The van der Waals surface area contributed by atoms with Crippen molar-refractivity contribution in [3.63, 3.8) is 0 Å². The smallest absolute Gasteiger partial charge is 0.340 e. The third kappa shape index (κ3) is 5.41. The standard InChI is InChI=1S/C22H21NO3S2/c1-15(2)16-7-9-17(10-8-16)23-21(24)14-26-22(25)19(20-6-4-12-28-20)13-18-5-3-11-27-18/h3-13,15H,14H2,1-2H3,(H,23,24)/b19-13+. The minimum absolute atomic E-state index is 0.335. The van der Waals surface area contributed by atoms with Gasteiger partial charge in [0.05, 0.1) is 5.57 Å². The molecule has 2 heterocycles. The lowest BCUT2D eigenvalue weighted by Gasteiger charge is -2.10. The number of ether oxygens (including phenoxy) is 1. The third-order valence-electron chi connectivity index (χ3n) is 4.03. The van der Waals surface area contributed by atoms with Crippen molar-refractivity contribution in [2.45, 2.75) is 19.8 Å². The van der Waals surface area contributed by atoms with Crippen molar-refractivity contribution in [2.75, 3.05) is 11.9 Å². The van der Waals surface area contributed by atoms with Crippen molar-refractivity contribution in [3.8, 4) is 0 Å². The van der Waals surface area contributed by atoms with Crippen LogP contribution >= 0.6 is 22.7 Å². The van der Waals surface area contributed by atoms with Crippen LogP contribution in [0.3, 0.4) is 0 Å². The summed E-state index contributed by atoms with van der Waals surface area (Å²) in [6, 6.07) is 15.2. The van der Waals surface area contributed by atoms with Crippen molar-refractivity contribution in [2.24, 2.45) is 0 Å². The normalized spacial score (nSPS) is 11.5. The largest absolute Gasteiger partial charge is 0.452 e. The van der Waals surface area contributed by atoms with Gasteiger partial charge in [0.1, 0.15) is 0 Å². The van der Waals surface area contributed by atoms with E-state index in [2.05, 4.69) is 19.2 Å². The highest BCUT2D eigenvalue weighted by Crippen LogP contribution is 2.26. The van der Waals surface area contributed by atoms with Crippen LogP contribution in [0.2, 0.25) is 0 Å². The van der Waals surface area contributed by atoms with E-state index in [1.54, 1.807) is 6.08 Å². The Hall–Kier alpha value is -2.70. The van der Waals surface area contributed by atoms with E-state index >= 15 is 0 Å². The fraction of sp³-hybridized carbons (Fsp3) is 0.182. The van der Waals surface area contributed by atoms with Crippen molar-refractivity contribution in [1.82, 2.24) is 0 Å². The predicted molar refractivity (Wildman–Crippen MR) is 117 cm³/mol. The van der Waals surface area contributed by atoms with Gasteiger partial charge in [-0.2, -0.15) is 0 Å². The average molecular weight is 412 g/mol. The van der Waals surface area contributed by atoms with E-state index in [0.717, 1.165) is 9.75 Å². The van der Waals surface area contributed by atoms with E-state index in [-0.39, 0.29) is 12.5 Å². The van der Waals surface area contributed by atoms with Crippen molar-refractivity contribution >= 4 is 51.9 Å². The van der Waals surface area contributed by atoms with E-state index in [1.807, 2.05) is 59.3 Å². The van der Waals surface area contributed by atoms with Crippen LogP contribution in [-0.4, -0.2) is 18.5 Å². The summed E-state index contributed by atoms with van der Waals surface area (Å²) >= 11 is 2.99. The molecule has 144 valence electrons. The number of benzene rings is 1. The number of carbonyl (C=O) groups is 2. The lowest BCUT2D eigenvalue weighted by Crippen LogP contribution is -2.21. The Morgan fingerprint density at radius 3 is 2.36 bits per heavy atom. The minimum Gasteiger partial charge on any atom is -0.452 e. The molecule has 0 saturated heterocycles. The van der Waals surface area contributed by atoms with Crippen LogP contribution in [0.25, 0.3) is 11.6 Å². The van der Waals surface area contributed by atoms with Crippen LogP contribution in [-0.2, 0) is 14.3 Å². The molecule has 0 spiro atoms. The molecule has 0 saturated carbocycles. The van der Waals surface area contributed by atoms with E-state index in [0.29, 0.717) is 17.2 Å². The Morgan fingerprint density at radius 1 is 1.04 bits per heavy atom. The van der Waals surface area contributed by atoms with E-state index in [9.17, 15) is 9.59 Å². The lowest BCUT2D eigenvalue weighted by molar-refractivity contribution is -0.141. The minimum atomic E-state index is -0.513. The average Bonchev–Trinajstić information content (AvgIpc) is 3.38. The molecule has 0 radical (unpaired) electrons. The highest BCUT2D eigenvalue weighted by molar-refractivity contribution is 7.12. The molecule has 0 aliphatic rings. The molecule has 0 bridgehead atoms. The number of esters is 1. The molecule has 3 rings (SSSR count). The highest BCUT2D eigenvalue weighted by atomic mass is 32.1. The van der Waals surface area contributed by atoms with Crippen molar-refractivity contribution < 1.29 is 14.3 Å². The lowest BCUT2D eigenvalue weighted by atomic mass is 10.0. The molecule has 0 aliphatic heterocycles. The maximum absolute atomic E-state index is 12.6. The molecule has 0 atom stereocenters. The Kier molecular flexibility index (Phi) is 6.79. The van der Waals surface area contributed by atoms with Gasteiger partial charge in [0.25, 0.3) is 5.91 Å². The van der Waals surface area contributed by atoms with Crippen LogP contribution in [0.1, 0.15) is 35.1 Å². The Morgan fingerprint density at radius 2 is 1.75 bits per heavy atom. The number of thiophene rings is 2. The number of rotatable bonds is 7. The number of nitrogens with one attached hydrogen (secondary N) is 1. The second-order valence-corrected chi connectivity index (χ2v) is 8.38. The summed E-state index contributed by atoms with van der Waals surface area (Å²) in [5.41, 5.74) is 2.33. The molecule has 3 aromatic rings. The maximum atomic E-state index is 12.6. The quantitative estimate of drug-likeness (QED) is 0.403. The Labute approximate surface area is 172 Å². The first kappa shape index (κ1) is 20.0. The van der Waals surface area contributed by atoms with Crippen LogP contribution in [0.4, 0.5) is 5.69 Å². The highest BCUT2D eigenvalue weighted by Gasteiger charge is 2.17. The Balaban J connectivity index is 1.62. The van der Waals surface area contributed by atoms with Crippen molar-refractivity contribution in [3.05, 3.63) is 74.6 Å². The van der Waals surface area contributed by atoms with Crippen LogP contribution in [0.5, 0.6) is 0 Å². The molecule has 0 fully saturated rings. The van der Waals surface area contributed by atoms with Gasteiger partial charge in [-0.05, 0) is 52.6 Å². The first-order valence-corrected chi connectivity index (χ1v) is 10.6. The zero-order valence-corrected chi connectivity index (χ0v) is 17.3. The second kappa shape index (κ2) is 9.48. The number of hydrogen-bond donors (Lipinski definition) is 1. The SMILES string of the molecule is CC(C)c1ccc(NC(=O)COC(=O)/C(=C/c2cccs2)c2cccs2)cc1. The van der Waals surface area contributed by atoms with Crippen LogP contribution < -0.4 is 5.32 Å². The molecule has 0 aliphatic carbocycles. The summed E-state index contributed by atoms with van der Waals surface area (Å²) in [6.07, 6.45) is 1.79. The fourth-order valence-corrected chi connectivity index (χ4v) is 3.92. The number of hydrogen-bond acceptors (Lipinski definition) is 5. The maximum Gasteiger partial charge on any atom is 0.340 e. The summed E-state index contributed by atoms with van der Waals surface area (Å²) in [7, 11) is 0. The third-order valence-corrected chi connectivity index (χ3v) is 5.75. The van der Waals surface area contributed by atoms with Gasteiger partial charge in [0.15, 0.2) is 6.61 Å². The molecule has 1 N–H and O–H groups in total. The molecular weight excluding hydrogens is 390 g/mol. The van der Waals surface area contributed by atoms with Gasteiger partial charge in [-0.1, -0.05) is 38.1 Å². The molecule has 28 heavy (non-hydrogen) atoms. The van der Waals surface area contributed by atoms with Gasteiger partial charge >= 0.3 is 5.97 Å². The Bertz CT molecular complexity index is 940.